The zero-order valence-electron chi connectivity index (χ0n) is 9.86. The number of rotatable bonds is 1. The number of pyridine rings is 1. The van der Waals surface area contributed by atoms with Gasteiger partial charge in [-0.2, -0.15) is 18.2 Å². The van der Waals surface area contributed by atoms with Gasteiger partial charge in [0.05, 0.1) is 0 Å². The maximum absolute atomic E-state index is 13.6. The van der Waals surface area contributed by atoms with Gasteiger partial charge in [-0.15, -0.1) is 0 Å². The predicted octanol–water partition coefficient (Wildman–Crippen LogP) is 3.05. The lowest BCUT2D eigenvalue weighted by Crippen LogP contribution is -1.99. The summed E-state index contributed by atoms with van der Waals surface area (Å²) in [6.45, 7) is 0. The lowest BCUT2D eigenvalue weighted by Gasteiger charge is -2.02. The highest BCUT2D eigenvalue weighted by Crippen LogP contribution is 2.26. The van der Waals surface area contributed by atoms with Gasteiger partial charge < -0.3 is 4.57 Å². The Balaban J connectivity index is 2.38. The lowest BCUT2D eigenvalue weighted by molar-refractivity contribution is 0.456. The van der Waals surface area contributed by atoms with E-state index in [0.29, 0.717) is 11.4 Å². The number of imidazole rings is 1. The standard InChI is InChI=1S/C13H8F3N3/c1-19-10-9(8(14)11(15)18-12(10)16)17-13(19)7-5-3-2-4-6-7/h2-6H,1H3. The first-order valence-electron chi connectivity index (χ1n) is 5.52. The molecule has 0 aliphatic rings. The molecule has 0 fully saturated rings. The highest BCUT2D eigenvalue weighted by atomic mass is 19.2. The van der Waals surface area contributed by atoms with Gasteiger partial charge in [0.25, 0.3) is 5.95 Å². The summed E-state index contributed by atoms with van der Waals surface area (Å²) < 4.78 is 41.7. The van der Waals surface area contributed by atoms with E-state index in [1.165, 1.54) is 11.6 Å². The predicted molar refractivity (Wildman–Crippen MR) is 63.8 cm³/mol. The van der Waals surface area contributed by atoms with Gasteiger partial charge in [0, 0.05) is 12.6 Å². The van der Waals surface area contributed by atoms with Gasteiger partial charge in [0.2, 0.25) is 11.8 Å². The first kappa shape index (κ1) is 11.7. The van der Waals surface area contributed by atoms with Crippen LogP contribution < -0.4 is 0 Å². The molecule has 0 radical (unpaired) electrons. The molecule has 0 spiro atoms. The number of aryl methyl sites for hydroxylation is 1. The zero-order valence-corrected chi connectivity index (χ0v) is 9.86. The maximum atomic E-state index is 13.6. The molecular formula is C13H8F3N3. The van der Waals surface area contributed by atoms with E-state index in [1.54, 1.807) is 24.3 Å². The van der Waals surface area contributed by atoms with Crippen molar-refractivity contribution in [2.24, 2.45) is 7.05 Å². The molecule has 2 aromatic heterocycles. The molecule has 2 heterocycles. The van der Waals surface area contributed by atoms with Crippen molar-refractivity contribution >= 4 is 11.0 Å². The summed E-state index contributed by atoms with van der Waals surface area (Å²) in [5.41, 5.74) is 0.171. The van der Waals surface area contributed by atoms with Crippen LogP contribution in [0.5, 0.6) is 0 Å². The van der Waals surface area contributed by atoms with Crippen molar-refractivity contribution in [1.82, 2.24) is 14.5 Å². The van der Waals surface area contributed by atoms with Crippen LogP contribution in [-0.4, -0.2) is 14.5 Å². The lowest BCUT2D eigenvalue weighted by atomic mass is 10.2. The van der Waals surface area contributed by atoms with Crippen molar-refractivity contribution in [3.63, 3.8) is 0 Å². The Labute approximate surface area is 106 Å². The fourth-order valence-corrected chi connectivity index (χ4v) is 2.02. The normalized spacial score (nSPS) is 11.2. The van der Waals surface area contributed by atoms with Gasteiger partial charge in [0.1, 0.15) is 16.9 Å². The van der Waals surface area contributed by atoms with Crippen LogP contribution in [0.2, 0.25) is 0 Å². The van der Waals surface area contributed by atoms with Crippen molar-refractivity contribution in [3.8, 4) is 11.4 Å². The number of hydrogen-bond donors (Lipinski definition) is 0. The van der Waals surface area contributed by atoms with E-state index in [-0.39, 0.29) is 11.0 Å². The number of aromatic nitrogens is 3. The molecule has 0 amide bonds. The van der Waals surface area contributed by atoms with Crippen LogP contribution >= 0.6 is 0 Å². The summed E-state index contributed by atoms with van der Waals surface area (Å²) in [5, 5.41) is 0. The van der Waals surface area contributed by atoms with Crippen molar-refractivity contribution in [2.75, 3.05) is 0 Å². The topological polar surface area (TPSA) is 30.7 Å². The molecule has 96 valence electrons. The Morgan fingerprint density at radius 1 is 0.947 bits per heavy atom. The molecule has 0 bridgehead atoms. The molecule has 0 unspecified atom stereocenters. The summed E-state index contributed by atoms with van der Waals surface area (Å²) in [4.78, 5) is 6.87. The average Bonchev–Trinajstić information content (AvgIpc) is 2.76. The maximum Gasteiger partial charge on any atom is 0.253 e. The van der Waals surface area contributed by atoms with Crippen molar-refractivity contribution in [1.29, 1.82) is 0 Å². The molecule has 3 aromatic rings. The van der Waals surface area contributed by atoms with Gasteiger partial charge in [-0.25, -0.2) is 4.98 Å². The SMILES string of the molecule is Cn1c(-c2ccccc2)nc2c(F)c(F)nc(F)c21. The third-order valence-corrected chi connectivity index (χ3v) is 2.91. The zero-order chi connectivity index (χ0) is 13.6. The molecule has 3 rings (SSSR count). The highest BCUT2D eigenvalue weighted by Gasteiger charge is 2.21. The number of nitrogens with zero attached hydrogens (tertiary/aromatic N) is 3. The minimum atomic E-state index is -1.48. The quantitative estimate of drug-likeness (QED) is 0.632. The summed E-state index contributed by atoms with van der Waals surface area (Å²) in [6.07, 6.45) is 0. The minimum Gasteiger partial charge on any atom is -0.323 e. The molecular weight excluding hydrogens is 255 g/mol. The highest BCUT2D eigenvalue weighted by molar-refractivity contribution is 5.80. The third kappa shape index (κ3) is 1.68. The van der Waals surface area contributed by atoms with E-state index >= 15 is 0 Å². The number of halogens is 3. The van der Waals surface area contributed by atoms with E-state index in [0.717, 1.165) is 0 Å². The second-order valence-corrected chi connectivity index (χ2v) is 4.07. The summed E-state index contributed by atoms with van der Waals surface area (Å²) in [5.74, 6) is -3.45. The molecule has 0 saturated heterocycles. The fourth-order valence-electron chi connectivity index (χ4n) is 2.02. The summed E-state index contributed by atoms with van der Waals surface area (Å²) >= 11 is 0. The van der Waals surface area contributed by atoms with Crippen LogP contribution in [0, 0.1) is 17.7 Å². The first-order chi connectivity index (χ1) is 9.09. The second-order valence-electron chi connectivity index (χ2n) is 4.07. The van der Waals surface area contributed by atoms with Crippen LogP contribution in [0.25, 0.3) is 22.4 Å². The van der Waals surface area contributed by atoms with Crippen LogP contribution in [0.4, 0.5) is 13.2 Å². The van der Waals surface area contributed by atoms with Gasteiger partial charge >= 0.3 is 0 Å². The van der Waals surface area contributed by atoms with Crippen molar-refractivity contribution in [2.45, 2.75) is 0 Å². The van der Waals surface area contributed by atoms with Crippen LogP contribution in [0.1, 0.15) is 0 Å². The number of fused-ring (bicyclic) bond motifs is 1. The second kappa shape index (κ2) is 4.08. The molecule has 19 heavy (non-hydrogen) atoms. The smallest absolute Gasteiger partial charge is 0.253 e. The van der Waals surface area contributed by atoms with Gasteiger partial charge in [-0.1, -0.05) is 30.3 Å². The average molecular weight is 263 g/mol. The number of benzene rings is 1. The van der Waals surface area contributed by atoms with Crippen molar-refractivity contribution in [3.05, 3.63) is 48.0 Å². The first-order valence-corrected chi connectivity index (χ1v) is 5.52. The van der Waals surface area contributed by atoms with Gasteiger partial charge in [-0.05, 0) is 0 Å². The fraction of sp³-hybridized carbons (Fsp3) is 0.0769. The Morgan fingerprint density at radius 2 is 1.63 bits per heavy atom. The molecule has 0 N–H and O–H groups in total. The van der Waals surface area contributed by atoms with E-state index < -0.39 is 17.7 Å². The summed E-state index contributed by atoms with van der Waals surface area (Å²) in [6, 6.07) is 8.87. The summed E-state index contributed by atoms with van der Waals surface area (Å²) in [7, 11) is 1.53. The van der Waals surface area contributed by atoms with E-state index in [1.807, 2.05) is 6.07 Å². The Hall–Kier alpha value is -2.37. The molecule has 0 atom stereocenters. The molecule has 6 heteroatoms. The molecule has 0 aliphatic carbocycles. The monoisotopic (exact) mass is 263 g/mol. The van der Waals surface area contributed by atoms with E-state index in [4.69, 9.17) is 0 Å². The molecule has 1 aromatic carbocycles. The Bertz CT molecular complexity index is 766. The van der Waals surface area contributed by atoms with Crippen LogP contribution in [0.3, 0.4) is 0 Å². The molecule has 0 aliphatic heterocycles. The van der Waals surface area contributed by atoms with E-state index in [2.05, 4.69) is 9.97 Å². The minimum absolute atomic E-state index is 0.155. The largest absolute Gasteiger partial charge is 0.323 e. The van der Waals surface area contributed by atoms with Crippen molar-refractivity contribution < 1.29 is 13.2 Å². The third-order valence-electron chi connectivity index (χ3n) is 2.91. The van der Waals surface area contributed by atoms with Gasteiger partial charge in [0.15, 0.2) is 0 Å². The number of hydrogen-bond acceptors (Lipinski definition) is 2. The Morgan fingerprint density at radius 3 is 2.32 bits per heavy atom. The molecule has 3 nitrogen and oxygen atoms in total. The molecule has 0 saturated carbocycles. The Kier molecular flexibility index (Phi) is 2.51. The van der Waals surface area contributed by atoms with Crippen LogP contribution in [-0.2, 0) is 7.05 Å². The van der Waals surface area contributed by atoms with Crippen LogP contribution in [0.15, 0.2) is 30.3 Å². The van der Waals surface area contributed by atoms with Gasteiger partial charge in [-0.3, -0.25) is 0 Å². The van der Waals surface area contributed by atoms with E-state index in [9.17, 15) is 13.2 Å².